The molecule has 1 unspecified atom stereocenters. The summed E-state index contributed by atoms with van der Waals surface area (Å²) in [4.78, 5) is 15.4. The lowest BCUT2D eigenvalue weighted by Gasteiger charge is -2.33. The summed E-state index contributed by atoms with van der Waals surface area (Å²) < 4.78 is 31.9. The van der Waals surface area contributed by atoms with Crippen LogP contribution in [0.2, 0.25) is 10.0 Å². The fraction of sp³-hybridized carbons (Fsp3) is 0.222. The van der Waals surface area contributed by atoms with Crippen molar-refractivity contribution in [1.82, 2.24) is 14.8 Å². The Morgan fingerprint density at radius 1 is 1.34 bits per heavy atom. The molecule has 0 saturated carbocycles. The van der Waals surface area contributed by atoms with Gasteiger partial charge in [0.15, 0.2) is 5.25 Å². The van der Waals surface area contributed by atoms with Crippen molar-refractivity contribution < 1.29 is 17.9 Å². The van der Waals surface area contributed by atoms with Crippen molar-refractivity contribution in [3.63, 3.8) is 0 Å². The number of nitrogens with one attached hydrogen (secondary N) is 1. The minimum Gasteiger partial charge on any atom is -0.497 e. The number of hydrazine groups is 1. The lowest BCUT2D eigenvalue weighted by Crippen LogP contribution is -2.50. The van der Waals surface area contributed by atoms with Crippen LogP contribution in [0, 0.1) is 0 Å². The van der Waals surface area contributed by atoms with E-state index in [1.54, 1.807) is 24.3 Å². The summed E-state index contributed by atoms with van der Waals surface area (Å²) in [6, 6.07) is 5.26. The first kappa shape index (κ1) is 21.4. The Bertz CT molecular complexity index is 1080. The van der Waals surface area contributed by atoms with E-state index in [0.717, 1.165) is 9.98 Å². The SMILES string of the molecule is COc1ccc2c(c1)CN(S(=O)(=O)C(C)C(N)=O)NC2=Cc1c(Cl)cncc1Cl. The van der Waals surface area contributed by atoms with Crippen molar-refractivity contribution in [3.05, 3.63) is 57.3 Å². The Morgan fingerprint density at radius 3 is 2.59 bits per heavy atom. The molecule has 0 spiro atoms. The molecule has 0 bridgehead atoms. The van der Waals surface area contributed by atoms with Gasteiger partial charge in [0.2, 0.25) is 15.9 Å². The Hall–Kier alpha value is -2.33. The van der Waals surface area contributed by atoms with E-state index in [-0.39, 0.29) is 6.54 Å². The average molecular weight is 457 g/mol. The second-order valence-corrected chi connectivity index (χ2v) is 9.30. The van der Waals surface area contributed by atoms with Gasteiger partial charge in [-0.05, 0) is 36.8 Å². The summed E-state index contributed by atoms with van der Waals surface area (Å²) in [5.41, 5.74) is 10.3. The molecule has 1 amide bonds. The van der Waals surface area contributed by atoms with Crippen LogP contribution >= 0.6 is 23.2 Å². The van der Waals surface area contributed by atoms with Crippen LogP contribution in [0.1, 0.15) is 23.6 Å². The van der Waals surface area contributed by atoms with Gasteiger partial charge in [-0.1, -0.05) is 23.2 Å². The molecule has 2 heterocycles. The first-order valence-electron chi connectivity index (χ1n) is 8.40. The smallest absolute Gasteiger partial charge is 0.242 e. The molecule has 3 rings (SSSR count). The van der Waals surface area contributed by atoms with Crippen LogP contribution in [-0.2, 0) is 21.4 Å². The maximum atomic E-state index is 12.9. The standard InChI is InChI=1S/C18H18Cl2N4O4S/c1-10(18(21)25)29(26,27)24-9-11-5-12(28-2)3-4-13(11)17(23-24)6-14-15(19)7-22-8-16(14)20/h3-8,10,23H,9H2,1-2H3,(H2,21,25). The van der Waals surface area contributed by atoms with Gasteiger partial charge in [-0.25, -0.2) is 8.42 Å². The van der Waals surface area contributed by atoms with Crippen molar-refractivity contribution in [3.8, 4) is 5.75 Å². The molecule has 0 saturated heterocycles. The number of methoxy groups -OCH3 is 1. The Labute approximate surface area is 178 Å². The molecular weight excluding hydrogens is 439 g/mol. The summed E-state index contributed by atoms with van der Waals surface area (Å²) in [6.45, 7) is 1.21. The highest BCUT2D eigenvalue weighted by Gasteiger charge is 2.36. The highest BCUT2D eigenvalue weighted by Crippen LogP contribution is 2.33. The number of nitrogens with zero attached hydrogens (tertiary/aromatic N) is 2. The Kier molecular flexibility index (Phi) is 6.04. The molecule has 1 aromatic heterocycles. The van der Waals surface area contributed by atoms with Gasteiger partial charge in [0.05, 0.1) is 29.4 Å². The van der Waals surface area contributed by atoms with Crippen LogP contribution in [0.4, 0.5) is 0 Å². The number of carbonyl (C=O) groups is 1. The van der Waals surface area contributed by atoms with Crippen LogP contribution < -0.4 is 15.9 Å². The number of aromatic nitrogens is 1. The van der Waals surface area contributed by atoms with E-state index in [9.17, 15) is 13.2 Å². The number of halogens is 2. The zero-order chi connectivity index (χ0) is 21.3. The zero-order valence-corrected chi connectivity index (χ0v) is 17.8. The van der Waals surface area contributed by atoms with E-state index in [1.165, 1.54) is 26.4 Å². The fourth-order valence-electron chi connectivity index (χ4n) is 2.78. The van der Waals surface area contributed by atoms with Gasteiger partial charge >= 0.3 is 0 Å². The minimum atomic E-state index is -4.08. The van der Waals surface area contributed by atoms with Crippen LogP contribution in [0.15, 0.2) is 30.6 Å². The summed E-state index contributed by atoms with van der Waals surface area (Å²) in [5, 5.41) is -0.823. The van der Waals surface area contributed by atoms with E-state index in [1.807, 2.05) is 0 Å². The zero-order valence-electron chi connectivity index (χ0n) is 15.5. The van der Waals surface area contributed by atoms with Crippen LogP contribution in [-0.4, -0.2) is 36.1 Å². The second-order valence-electron chi connectivity index (χ2n) is 6.31. The lowest BCUT2D eigenvalue weighted by atomic mass is 10.0. The normalized spacial score (nSPS) is 16.8. The van der Waals surface area contributed by atoms with E-state index >= 15 is 0 Å². The molecule has 1 aliphatic heterocycles. The van der Waals surface area contributed by atoms with Crippen LogP contribution in [0.25, 0.3) is 11.8 Å². The van der Waals surface area contributed by atoms with Gasteiger partial charge in [0.25, 0.3) is 0 Å². The maximum absolute atomic E-state index is 12.9. The molecule has 1 atom stereocenters. The molecule has 0 aliphatic carbocycles. The second kappa shape index (κ2) is 8.19. The number of sulfonamides is 1. The quantitative estimate of drug-likeness (QED) is 0.713. The largest absolute Gasteiger partial charge is 0.497 e. The van der Waals surface area contributed by atoms with Gasteiger partial charge in [0, 0.05) is 23.5 Å². The summed E-state index contributed by atoms with van der Waals surface area (Å²) in [7, 11) is -2.57. The number of ether oxygens (including phenoxy) is 1. The molecular formula is C18H18Cl2N4O4S. The van der Waals surface area contributed by atoms with Crippen molar-refractivity contribution in [2.24, 2.45) is 5.73 Å². The lowest BCUT2D eigenvalue weighted by molar-refractivity contribution is -0.117. The predicted molar refractivity (Wildman–Crippen MR) is 111 cm³/mol. The van der Waals surface area contributed by atoms with E-state index < -0.39 is 21.2 Å². The Balaban J connectivity index is 2.16. The first-order valence-corrected chi connectivity index (χ1v) is 10.7. The molecule has 0 fully saturated rings. The van der Waals surface area contributed by atoms with Gasteiger partial charge in [0.1, 0.15) is 5.75 Å². The number of pyridine rings is 1. The number of primary amides is 1. The first-order chi connectivity index (χ1) is 13.6. The number of fused-ring (bicyclic) bond motifs is 1. The molecule has 154 valence electrons. The molecule has 0 radical (unpaired) electrons. The summed E-state index contributed by atoms with van der Waals surface area (Å²) in [6.07, 6.45) is 4.48. The van der Waals surface area contributed by atoms with Crippen molar-refractivity contribution in [2.45, 2.75) is 18.7 Å². The third-order valence-electron chi connectivity index (χ3n) is 4.50. The topological polar surface area (TPSA) is 115 Å². The van der Waals surface area contributed by atoms with Gasteiger partial charge in [-0.15, -0.1) is 4.41 Å². The van der Waals surface area contributed by atoms with Gasteiger partial charge in [-0.2, -0.15) is 0 Å². The molecule has 8 nitrogen and oxygen atoms in total. The predicted octanol–water partition coefficient (Wildman–Crippen LogP) is 2.42. The minimum absolute atomic E-state index is 0.0262. The van der Waals surface area contributed by atoms with Crippen molar-refractivity contribution in [1.29, 1.82) is 0 Å². The number of nitrogens with two attached hydrogens (primary N) is 1. The van der Waals surface area contributed by atoms with Crippen LogP contribution in [0.3, 0.4) is 0 Å². The highest BCUT2D eigenvalue weighted by molar-refractivity contribution is 7.90. The summed E-state index contributed by atoms with van der Waals surface area (Å²) >= 11 is 12.4. The fourth-order valence-corrected chi connectivity index (χ4v) is 4.48. The number of benzene rings is 1. The molecule has 11 heteroatoms. The molecule has 2 aromatic rings. The monoisotopic (exact) mass is 456 g/mol. The summed E-state index contributed by atoms with van der Waals surface area (Å²) in [5.74, 6) is -0.390. The Morgan fingerprint density at radius 2 is 2.00 bits per heavy atom. The average Bonchev–Trinajstić information content (AvgIpc) is 2.69. The van der Waals surface area contributed by atoms with Gasteiger partial charge in [-0.3, -0.25) is 9.78 Å². The van der Waals surface area contributed by atoms with E-state index in [2.05, 4.69) is 10.4 Å². The molecule has 3 N–H and O–H groups in total. The molecule has 1 aromatic carbocycles. The number of carbonyl (C=O) groups excluding carboxylic acids is 1. The van der Waals surface area contributed by atoms with E-state index in [4.69, 9.17) is 33.7 Å². The highest BCUT2D eigenvalue weighted by atomic mass is 35.5. The molecule has 29 heavy (non-hydrogen) atoms. The third-order valence-corrected chi connectivity index (χ3v) is 7.06. The molecule has 1 aliphatic rings. The van der Waals surface area contributed by atoms with Crippen LogP contribution in [0.5, 0.6) is 5.75 Å². The number of rotatable bonds is 5. The number of amides is 1. The number of hydrogen-bond acceptors (Lipinski definition) is 6. The van der Waals surface area contributed by atoms with E-state index in [0.29, 0.717) is 32.6 Å². The maximum Gasteiger partial charge on any atom is 0.242 e. The van der Waals surface area contributed by atoms with Crippen molar-refractivity contribution >= 4 is 50.9 Å². The number of hydrogen-bond donors (Lipinski definition) is 2. The van der Waals surface area contributed by atoms with Crippen molar-refractivity contribution in [2.75, 3.05) is 7.11 Å². The third kappa shape index (κ3) is 4.18. The van der Waals surface area contributed by atoms with Gasteiger partial charge < -0.3 is 15.9 Å².